The monoisotopic (exact) mass is 916 g/mol. The zero-order valence-corrected chi connectivity index (χ0v) is 39.1. The summed E-state index contributed by atoms with van der Waals surface area (Å²) in [6, 6.07) is 16.5. The Morgan fingerprint density at radius 2 is 1.64 bits per heavy atom. The Labute approximate surface area is 380 Å². The summed E-state index contributed by atoms with van der Waals surface area (Å²) in [6.07, 6.45) is 5.03. The van der Waals surface area contributed by atoms with Gasteiger partial charge in [-0.25, -0.2) is 14.0 Å². The molecule has 6 heterocycles. The molecule has 3 aliphatic rings. The first-order valence-corrected chi connectivity index (χ1v) is 24.8. The summed E-state index contributed by atoms with van der Waals surface area (Å²) < 4.78 is 46.7. The second-order valence-electron chi connectivity index (χ2n) is 17.9. The third-order valence-corrected chi connectivity index (χ3v) is 17.6. The van der Waals surface area contributed by atoms with Crippen molar-refractivity contribution in [2.75, 3.05) is 62.4 Å². The Morgan fingerprint density at radius 1 is 0.939 bits per heavy atom. The predicted octanol–water partition coefficient (Wildman–Crippen LogP) is 6.79. The number of nitrogens with one attached hydrogen (secondary N) is 2. The molecule has 0 bridgehead atoms. The first-order chi connectivity index (χ1) is 31.7. The van der Waals surface area contributed by atoms with Gasteiger partial charge in [0.1, 0.15) is 35.6 Å². The number of morpholine rings is 1. The maximum absolute atomic E-state index is 15.5. The molecule has 66 heavy (non-hydrogen) atoms. The molecule has 344 valence electrons. The van der Waals surface area contributed by atoms with Crippen molar-refractivity contribution < 1.29 is 23.0 Å². The van der Waals surface area contributed by atoms with Crippen LogP contribution in [0.3, 0.4) is 0 Å². The number of carbonyl (C=O) groups excluding carboxylic acids is 1. The fraction of sp³-hybridized carbons (Fsp3) is 0.396. The van der Waals surface area contributed by atoms with Crippen molar-refractivity contribution in [1.29, 1.82) is 0 Å². The lowest BCUT2D eigenvalue weighted by molar-refractivity contribution is 0.0623. The van der Waals surface area contributed by atoms with Crippen LogP contribution in [0.4, 0.5) is 15.8 Å². The minimum Gasteiger partial charge on any atom is -0.387 e. The number of aromatic nitrogens is 7. The van der Waals surface area contributed by atoms with Crippen LogP contribution in [0.2, 0.25) is 0 Å². The van der Waals surface area contributed by atoms with Crippen LogP contribution in [-0.4, -0.2) is 96.6 Å². The highest BCUT2D eigenvalue weighted by Crippen LogP contribution is 2.56. The van der Waals surface area contributed by atoms with Crippen molar-refractivity contribution in [2.24, 2.45) is 5.92 Å². The maximum Gasteiger partial charge on any atom is 0.438 e. The molecule has 16 nitrogen and oxygen atoms in total. The zero-order chi connectivity index (χ0) is 46.4. The van der Waals surface area contributed by atoms with Crippen LogP contribution in [0, 0.1) is 25.6 Å². The Kier molecular flexibility index (Phi) is 10.6. The molecule has 1 saturated carbocycles. The van der Waals surface area contributed by atoms with E-state index in [0.29, 0.717) is 102 Å². The number of benzene rings is 3. The number of hydrogen-bond acceptors (Lipinski definition) is 10. The highest BCUT2D eigenvalue weighted by molar-refractivity contribution is 7.71. The van der Waals surface area contributed by atoms with E-state index < -0.39 is 24.5 Å². The summed E-state index contributed by atoms with van der Waals surface area (Å²) in [7, 11) is -0.874. The number of rotatable bonds is 11. The zero-order valence-electron chi connectivity index (χ0n) is 38.2. The van der Waals surface area contributed by atoms with Crippen LogP contribution in [0.15, 0.2) is 81.1 Å². The lowest BCUT2D eigenvalue weighted by Crippen LogP contribution is -2.43. The van der Waals surface area contributed by atoms with Crippen LogP contribution in [0.1, 0.15) is 73.3 Å². The minimum absolute atomic E-state index is 0.00965. The molecule has 1 aliphatic carbocycles. The van der Waals surface area contributed by atoms with E-state index in [-0.39, 0.29) is 23.3 Å². The van der Waals surface area contributed by atoms with Gasteiger partial charge in [0.15, 0.2) is 5.82 Å². The molecule has 3 atom stereocenters. The second kappa shape index (κ2) is 16.2. The third-order valence-electron chi connectivity index (χ3n) is 14.3. The van der Waals surface area contributed by atoms with Crippen LogP contribution in [-0.2, 0) is 21.4 Å². The Bertz CT molecular complexity index is 3210. The number of hydrogen-bond donors (Lipinski definition) is 2. The second-order valence-corrected chi connectivity index (χ2v) is 21.4. The van der Waals surface area contributed by atoms with E-state index in [1.165, 1.54) is 4.57 Å². The Balaban J connectivity index is 1.11. The van der Waals surface area contributed by atoms with Crippen molar-refractivity contribution in [3.63, 3.8) is 0 Å². The number of fused-ring (bicyclic) bond motifs is 2. The molecule has 4 aromatic heterocycles. The molecule has 1 saturated heterocycles. The van der Waals surface area contributed by atoms with Crippen molar-refractivity contribution in [1.82, 2.24) is 38.5 Å². The van der Waals surface area contributed by atoms with Crippen LogP contribution >= 0.6 is 7.14 Å². The standard InChI is InChI=1S/C48H54FN10O6P/c1-8-66(63,9-2)39-13-11-35(26-36(39)50-7)56-14-15-57(47(56)62)43-41(33-22-28(3)40(49)29(4)23-33)52-58-17-16-55(31(6)42(43)58)44(60)38-25-32-24-34(54-18-20-64-21-19-54)10-12-37(32)59(38)48(27-30(48)5)45-51-46(61)65-53-45/h10-15,22-26,30-31,50H,8-9,16-21,27H2,1-7H3,(H,51,53,61). The van der Waals surface area contributed by atoms with Gasteiger partial charge in [-0.1, -0.05) is 25.9 Å². The highest BCUT2D eigenvalue weighted by atomic mass is 31.2. The van der Waals surface area contributed by atoms with Crippen LogP contribution < -0.4 is 27.0 Å². The molecule has 0 radical (unpaired) electrons. The number of aromatic amines is 1. The van der Waals surface area contributed by atoms with Gasteiger partial charge >= 0.3 is 11.4 Å². The van der Waals surface area contributed by atoms with E-state index in [2.05, 4.69) is 39.4 Å². The molecule has 1 amide bonds. The highest BCUT2D eigenvalue weighted by Gasteiger charge is 2.59. The predicted molar refractivity (Wildman–Crippen MR) is 252 cm³/mol. The summed E-state index contributed by atoms with van der Waals surface area (Å²) in [4.78, 5) is 49.7. The van der Waals surface area contributed by atoms with E-state index in [4.69, 9.17) is 14.4 Å². The molecule has 0 spiro atoms. The molecule has 3 aromatic carbocycles. The minimum atomic E-state index is -2.65. The summed E-state index contributed by atoms with van der Waals surface area (Å²) in [6.45, 7) is 14.6. The van der Waals surface area contributed by atoms with Gasteiger partial charge in [0, 0.05) is 84.5 Å². The van der Waals surface area contributed by atoms with Gasteiger partial charge in [-0.2, -0.15) is 5.10 Å². The fourth-order valence-electron chi connectivity index (χ4n) is 10.5. The van der Waals surface area contributed by atoms with Gasteiger partial charge in [-0.05, 0) is 98.8 Å². The molecule has 2 N–H and O–H groups in total. The maximum atomic E-state index is 15.5. The number of imidazole rings is 1. The third kappa shape index (κ3) is 6.72. The number of carbonyl (C=O) groups is 1. The van der Waals surface area contributed by atoms with Crippen molar-refractivity contribution in [3.8, 4) is 22.6 Å². The topological polar surface area (TPSA) is 170 Å². The Hall–Kier alpha value is -6.45. The molecule has 10 rings (SSSR count). The number of aryl methyl sites for hydroxylation is 2. The van der Waals surface area contributed by atoms with Crippen LogP contribution in [0.25, 0.3) is 33.5 Å². The first-order valence-electron chi connectivity index (χ1n) is 22.7. The lowest BCUT2D eigenvalue weighted by Gasteiger charge is -2.35. The van der Waals surface area contributed by atoms with Crippen molar-refractivity contribution in [3.05, 3.63) is 122 Å². The van der Waals surface area contributed by atoms with E-state index in [9.17, 15) is 14.2 Å². The average Bonchev–Trinajstić information content (AvgIpc) is 3.82. The van der Waals surface area contributed by atoms with Gasteiger partial charge in [-0.3, -0.25) is 28.1 Å². The Morgan fingerprint density at radius 3 is 2.29 bits per heavy atom. The summed E-state index contributed by atoms with van der Waals surface area (Å²) in [5, 5.41) is 14.1. The summed E-state index contributed by atoms with van der Waals surface area (Å²) in [5.41, 5.74) is 5.39. The largest absolute Gasteiger partial charge is 0.438 e. The van der Waals surface area contributed by atoms with E-state index >= 15 is 9.18 Å². The van der Waals surface area contributed by atoms with E-state index in [1.807, 2.05) is 65.3 Å². The molecule has 18 heteroatoms. The fourth-order valence-corrected chi connectivity index (χ4v) is 12.5. The summed E-state index contributed by atoms with van der Waals surface area (Å²) >= 11 is 0. The lowest BCUT2D eigenvalue weighted by atomic mass is 10.0. The number of nitrogens with zero attached hydrogens (tertiary/aromatic N) is 8. The van der Waals surface area contributed by atoms with Gasteiger partial charge in [0.25, 0.3) is 5.91 Å². The molecular weight excluding hydrogens is 863 g/mol. The molecular formula is C48H54FN10O6P. The van der Waals surface area contributed by atoms with Crippen molar-refractivity contribution >= 4 is 40.6 Å². The van der Waals surface area contributed by atoms with E-state index in [1.54, 1.807) is 50.0 Å². The number of halogens is 1. The molecule has 2 aliphatic heterocycles. The molecule has 2 fully saturated rings. The van der Waals surface area contributed by atoms with Gasteiger partial charge < -0.3 is 29.0 Å². The SMILES string of the molecule is CCP(=O)(CC)c1ccc(-n2ccn(-c3c(-c4cc(C)c(F)c(C)c4)nn4c3C(C)N(C(=O)c3cc5cc(N6CCOCC6)ccc5n3C3(c5noc(=O)[nH]5)CC3C)CC4)c2=O)cc1NC. The number of ether oxygens (including phenoxy) is 1. The first kappa shape index (κ1) is 43.4. The van der Waals surface area contributed by atoms with E-state index in [0.717, 1.165) is 35.0 Å². The smallest absolute Gasteiger partial charge is 0.387 e. The normalized spacial score (nSPS) is 19.7. The molecule has 3 unspecified atom stereocenters. The van der Waals surface area contributed by atoms with Gasteiger partial charge in [0.05, 0.1) is 37.2 Å². The number of anilines is 2. The van der Waals surface area contributed by atoms with Gasteiger partial charge in [-0.15, -0.1) is 0 Å². The van der Waals surface area contributed by atoms with Crippen molar-refractivity contribution in [2.45, 2.75) is 66.1 Å². The van der Waals surface area contributed by atoms with Gasteiger partial charge in [0.2, 0.25) is 0 Å². The van der Waals surface area contributed by atoms with Crippen LogP contribution in [0.5, 0.6) is 0 Å². The number of amides is 1. The average molecular weight is 917 g/mol. The molecule has 7 aromatic rings. The number of H-pyrrole nitrogens is 1. The summed E-state index contributed by atoms with van der Waals surface area (Å²) in [5.74, 6) is -0.865. The quantitative estimate of drug-likeness (QED) is 0.132.